The van der Waals surface area contributed by atoms with Crippen LogP contribution in [0, 0.1) is 5.82 Å². The number of hydrogen-bond acceptors (Lipinski definition) is 5. The molecular weight excluding hydrogens is 501 g/mol. The van der Waals surface area contributed by atoms with Crippen LogP contribution in [0.1, 0.15) is 70.8 Å². The average molecular weight is 534 g/mol. The largest absolute Gasteiger partial charge is 0.486 e. The molecule has 3 aromatic rings. The maximum absolute atomic E-state index is 14.1. The Hall–Kier alpha value is -3.52. The second kappa shape index (κ2) is 11.5. The molecule has 1 aliphatic heterocycles. The van der Waals surface area contributed by atoms with Gasteiger partial charge in [0.05, 0.1) is 6.04 Å². The van der Waals surface area contributed by atoms with Crippen LogP contribution in [-0.4, -0.2) is 45.7 Å². The number of ether oxygens (including phenoxy) is 1. The van der Waals surface area contributed by atoms with Gasteiger partial charge in [0.2, 0.25) is 5.91 Å². The number of nitrogens with zero attached hydrogens (tertiary/aromatic N) is 3. The first-order valence-corrected chi connectivity index (χ1v) is 14.0. The molecule has 1 saturated carbocycles. The van der Waals surface area contributed by atoms with Gasteiger partial charge in [0.15, 0.2) is 0 Å². The summed E-state index contributed by atoms with van der Waals surface area (Å²) in [5.74, 6) is 0.187. The molecule has 0 radical (unpaired) electrons. The molecule has 0 bridgehead atoms. The highest BCUT2D eigenvalue weighted by atomic mass is 32.1. The molecule has 5 rings (SSSR count). The van der Waals surface area contributed by atoms with Crippen molar-refractivity contribution in [3.63, 3.8) is 0 Å². The van der Waals surface area contributed by atoms with Gasteiger partial charge in [0, 0.05) is 31.4 Å². The van der Waals surface area contributed by atoms with Gasteiger partial charge < -0.3 is 14.5 Å². The molecule has 2 amide bonds. The van der Waals surface area contributed by atoms with Crippen LogP contribution in [-0.2, 0) is 17.8 Å². The third-order valence-corrected chi connectivity index (χ3v) is 8.22. The Morgan fingerprint density at radius 3 is 2.79 bits per heavy atom. The fourth-order valence-corrected chi connectivity index (χ4v) is 6.26. The van der Waals surface area contributed by atoms with Crippen LogP contribution < -0.4 is 4.74 Å². The van der Waals surface area contributed by atoms with E-state index in [1.165, 1.54) is 23.5 Å². The van der Waals surface area contributed by atoms with Crippen LogP contribution in [0.15, 0.2) is 60.5 Å². The number of carbonyl (C=O) groups is 2. The molecule has 1 atom stereocenters. The molecule has 0 spiro atoms. The zero-order valence-corrected chi connectivity index (χ0v) is 22.4. The number of amides is 2. The molecule has 6 nitrogen and oxygen atoms in total. The molecule has 2 heterocycles. The third-order valence-electron chi connectivity index (χ3n) is 7.40. The molecule has 0 unspecified atom stereocenters. The molecule has 2 aromatic carbocycles. The van der Waals surface area contributed by atoms with E-state index in [1.807, 2.05) is 29.2 Å². The first kappa shape index (κ1) is 26.1. The summed E-state index contributed by atoms with van der Waals surface area (Å²) in [6, 6.07) is 12.1. The highest BCUT2D eigenvalue weighted by Crippen LogP contribution is 2.37. The maximum Gasteiger partial charge on any atom is 0.273 e. The third kappa shape index (κ3) is 5.50. The molecule has 38 heavy (non-hydrogen) atoms. The summed E-state index contributed by atoms with van der Waals surface area (Å²) < 4.78 is 20.2. The zero-order valence-electron chi connectivity index (χ0n) is 21.6. The standard InChI is InChI=1S/C30H32FN3O3S/c1-3-14-34(24-9-4-5-10-24)30(36)27-19-38-28(32-27)18-37-25-12-11-21-13-15-33(20(2)35)29(26(21)17-25)22-7-6-8-23(31)16-22/h3,6-8,11-12,16-17,19,24,29H,1,4-5,9-10,13-15,18H2,2H3/t29-/m1/s1. The van der Waals surface area contributed by atoms with E-state index in [0.717, 1.165) is 48.8 Å². The second-order valence-electron chi connectivity index (χ2n) is 9.88. The highest BCUT2D eigenvalue weighted by molar-refractivity contribution is 7.09. The molecule has 0 saturated heterocycles. The quantitative estimate of drug-likeness (QED) is 0.337. The van der Waals surface area contributed by atoms with Gasteiger partial charge in [-0.15, -0.1) is 17.9 Å². The molecule has 0 N–H and O–H groups in total. The van der Waals surface area contributed by atoms with Crippen LogP contribution in [0.2, 0.25) is 0 Å². The zero-order chi connectivity index (χ0) is 26.6. The van der Waals surface area contributed by atoms with Gasteiger partial charge in [-0.25, -0.2) is 9.37 Å². The van der Waals surface area contributed by atoms with Crippen molar-refractivity contribution >= 4 is 23.2 Å². The lowest BCUT2D eigenvalue weighted by Gasteiger charge is -2.37. The van der Waals surface area contributed by atoms with Crippen LogP contribution in [0.4, 0.5) is 4.39 Å². The van der Waals surface area contributed by atoms with Gasteiger partial charge in [-0.1, -0.05) is 37.1 Å². The SMILES string of the molecule is C=CCN(C(=O)c1csc(COc2ccc3c(c2)[C@@H](c2cccc(F)c2)N(C(C)=O)CC3)n1)C1CCCC1. The van der Waals surface area contributed by atoms with E-state index in [2.05, 4.69) is 11.6 Å². The van der Waals surface area contributed by atoms with E-state index in [0.29, 0.717) is 29.5 Å². The summed E-state index contributed by atoms with van der Waals surface area (Å²) in [6.45, 7) is 6.68. The molecule has 2 aliphatic rings. The lowest BCUT2D eigenvalue weighted by atomic mass is 9.88. The Morgan fingerprint density at radius 1 is 1.24 bits per heavy atom. The number of hydrogen-bond donors (Lipinski definition) is 0. The Morgan fingerprint density at radius 2 is 2.05 bits per heavy atom. The lowest BCUT2D eigenvalue weighted by Crippen LogP contribution is -2.39. The van der Waals surface area contributed by atoms with E-state index < -0.39 is 0 Å². The molecule has 198 valence electrons. The van der Waals surface area contributed by atoms with Crippen molar-refractivity contribution in [3.05, 3.63) is 93.7 Å². The minimum absolute atomic E-state index is 0.0562. The van der Waals surface area contributed by atoms with Crippen LogP contribution >= 0.6 is 11.3 Å². The van der Waals surface area contributed by atoms with Gasteiger partial charge in [-0.3, -0.25) is 9.59 Å². The maximum atomic E-state index is 14.1. The number of carbonyl (C=O) groups excluding carboxylic acids is 2. The normalized spacial score (nSPS) is 17.2. The first-order valence-electron chi connectivity index (χ1n) is 13.1. The fraction of sp³-hybridized carbons (Fsp3) is 0.367. The minimum atomic E-state index is -0.383. The van der Waals surface area contributed by atoms with E-state index in [1.54, 1.807) is 29.3 Å². The molecule has 1 aliphatic carbocycles. The first-order chi connectivity index (χ1) is 18.4. The van der Waals surface area contributed by atoms with Crippen LogP contribution in [0.5, 0.6) is 5.75 Å². The smallest absolute Gasteiger partial charge is 0.273 e. The van der Waals surface area contributed by atoms with Crippen molar-refractivity contribution in [1.29, 1.82) is 0 Å². The topological polar surface area (TPSA) is 62.7 Å². The minimum Gasteiger partial charge on any atom is -0.486 e. The molecular formula is C30H32FN3O3S. The average Bonchev–Trinajstić information content (AvgIpc) is 3.62. The van der Waals surface area contributed by atoms with Gasteiger partial charge in [-0.05, 0) is 60.2 Å². The van der Waals surface area contributed by atoms with Crippen molar-refractivity contribution in [2.45, 2.75) is 57.7 Å². The van der Waals surface area contributed by atoms with Gasteiger partial charge in [0.25, 0.3) is 5.91 Å². The van der Waals surface area contributed by atoms with Crippen molar-refractivity contribution < 1.29 is 18.7 Å². The van der Waals surface area contributed by atoms with Gasteiger partial charge in [0.1, 0.15) is 28.9 Å². The van der Waals surface area contributed by atoms with Crippen molar-refractivity contribution in [3.8, 4) is 5.75 Å². The summed E-state index contributed by atoms with van der Waals surface area (Å²) in [4.78, 5) is 33.9. The van der Waals surface area contributed by atoms with E-state index in [4.69, 9.17) is 4.74 Å². The Balaban J connectivity index is 1.33. The second-order valence-corrected chi connectivity index (χ2v) is 10.8. The Kier molecular flexibility index (Phi) is 7.88. The number of thiazole rings is 1. The Labute approximate surface area is 226 Å². The summed E-state index contributed by atoms with van der Waals surface area (Å²) in [6.07, 6.45) is 6.83. The van der Waals surface area contributed by atoms with Crippen LogP contribution in [0.25, 0.3) is 0 Å². The van der Waals surface area contributed by atoms with Gasteiger partial charge in [-0.2, -0.15) is 0 Å². The van der Waals surface area contributed by atoms with Crippen molar-refractivity contribution in [2.24, 2.45) is 0 Å². The Bertz CT molecular complexity index is 1330. The predicted molar refractivity (Wildman–Crippen MR) is 146 cm³/mol. The van der Waals surface area contributed by atoms with Gasteiger partial charge >= 0.3 is 0 Å². The van der Waals surface area contributed by atoms with E-state index >= 15 is 0 Å². The molecule has 8 heteroatoms. The number of rotatable bonds is 8. The van der Waals surface area contributed by atoms with Crippen molar-refractivity contribution in [1.82, 2.24) is 14.8 Å². The molecule has 1 aromatic heterocycles. The van der Waals surface area contributed by atoms with E-state index in [9.17, 15) is 14.0 Å². The number of benzene rings is 2. The number of fused-ring (bicyclic) bond motifs is 1. The fourth-order valence-electron chi connectivity index (χ4n) is 5.58. The number of aromatic nitrogens is 1. The van der Waals surface area contributed by atoms with Crippen molar-refractivity contribution in [2.75, 3.05) is 13.1 Å². The lowest BCUT2D eigenvalue weighted by molar-refractivity contribution is -0.130. The summed E-state index contributed by atoms with van der Waals surface area (Å²) >= 11 is 1.40. The number of halogens is 1. The molecule has 1 fully saturated rings. The highest BCUT2D eigenvalue weighted by Gasteiger charge is 2.31. The summed E-state index contributed by atoms with van der Waals surface area (Å²) in [7, 11) is 0. The predicted octanol–water partition coefficient (Wildman–Crippen LogP) is 5.93. The van der Waals surface area contributed by atoms with E-state index in [-0.39, 0.29) is 36.3 Å². The van der Waals surface area contributed by atoms with Crippen LogP contribution in [0.3, 0.4) is 0 Å². The monoisotopic (exact) mass is 533 g/mol. The summed E-state index contributed by atoms with van der Waals surface area (Å²) in [5, 5.41) is 2.51. The summed E-state index contributed by atoms with van der Waals surface area (Å²) in [5.41, 5.74) is 3.21.